The van der Waals surface area contributed by atoms with Gasteiger partial charge in [-0.25, -0.2) is 0 Å². The molecule has 2 fully saturated rings. The monoisotopic (exact) mass is 213 g/mol. The molecule has 2 aliphatic rings. The summed E-state index contributed by atoms with van der Waals surface area (Å²) in [4.78, 5) is 13.6. The number of nitrogens with zero attached hydrogens (tertiary/aromatic N) is 1. The molecule has 1 saturated carbocycles. The molecule has 1 aliphatic carbocycles. The van der Waals surface area contributed by atoms with E-state index >= 15 is 0 Å². The Bertz CT molecular complexity index is 223. The Labute approximate surface area is 91.5 Å². The van der Waals surface area contributed by atoms with Gasteiger partial charge < -0.3 is 4.90 Å². The molecule has 0 atom stereocenters. The maximum atomic E-state index is 11.5. The van der Waals surface area contributed by atoms with Crippen molar-refractivity contribution < 1.29 is 4.79 Å². The van der Waals surface area contributed by atoms with Crippen LogP contribution in [0.3, 0.4) is 0 Å². The van der Waals surface area contributed by atoms with Gasteiger partial charge in [0.2, 0.25) is 5.91 Å². The number of carbonyl (C=O) groups excluding carboxylic acids is 1. The minimum Gasteiger partial charge on any atom is -0.342 e. The third kappa shape index (κ3) is 1.92. The molecule has 0 spiro atoms. The smallest absolute Gasteiger partial charge is 0.222 e. The van der Waals surface area contributed by atoms with Crippen LogP contribution in [0.1, 0.15) is 38.5 Å². The Balaban J connectivity index is 1.96. The summed E-state index contributed by atoms with van der Waals surface area (Å²) < 4.78 is 0. The quantitative estimate of drug-likeness (QED) is 0.712. The molecule has 1 aliphatic heterocycles. The summed E-state index contributed by atoms with van der Waals surface area (Å²) in [5, 5.41) is 0. The molecule has 14 heavy (non-hydrogen) atoms. The van der Waals surface area contributed by atoms with E-state index in [0.717, 1.165) is 31.7 Å². The molecule has 1 amide bonds. The van der Waals surface area contributed by atoms with Crippen molar-refractivity contribution in [3.63, 3.8) is 0 Å². The predicted molar refractivity (Wildman–Crippen MR) is 60.6 cm³/mol. The van der Waals surface area contributed by atoms with E-state index in [2.05, 4.69) is 17.5 Å². The highest BCUT2D eigenvalue weighted by molar-refractivity contribution is 7.80. The highest BCUT2D eigenvalue weighted by atomic mass is 32.1. The van der Waals surface area contributed by atoms with Gasteiger partial charge in [0.15, 0.2) is 0 Å². The normalized spacial score (nSPS) is 26.1. The summed E-state index contributed by atoms with van der Waals surface area (Å²) in [7, 11) is 0. The maximum Gasteiger partial charge on any atom is 0.222 e. The Morgan fingerprint density at radius 1 is 1.29 bits per heavy atom. The lowest BCUT2D eigenvalue weighted by Gasteiger charge is -2.32. The van der Waals surface area contributed by atoms with Gasteiger partial charge in [-0.15, -0.1) is 0 Å². The highest BCUT2D eigenvalue weighted by Gasteiger charge is 2.36. The molecule has 0 bridgehead atoms. The van der Waals surface area contributed by atoms with Crippen LogP contribution < -0.4 is 0 Å². The second-order valence-corrected chi connectivity index (χ2v) is 5.10. The van der Waals surface area contributed by atoms with Gasteiger partial charge in [-0.2, -0.15) is 12.6 Å². The number of likely N-dealkylation sites (tertiary alicyclic amines) is 1. The van der Waals surface area contributed by atoms with Crippen molar-refractivity contribution in [2.75, 3.05) is 18.8 Å². The first-order valence-corrected chi connectivity index (χ1v) is 6.28. The number of rotatable bonds is 3. The van der Waals surface area contributed by atoms with Crippen molar-refractivity contribution in [3.05, 3.63) is 0 Å². The molecule has 2 nitrogen and oxygen atoms in total. The molecule has 0 aromatic rings. The Morgan fingerprint density at radius 3 is 2.50 bits per heavy atom. The number of amides is 1. The standard InChI is InChI=1S/C11H19NOS/c13-10-4-3-7-12(10)8-11(9-14)5-1-2-6-11/h14H,1-9H2. The zero-order valence-corrected chi connectivity index (χ0v) is 9.56. The van der Waals surface area contributed by atoms with Gasteiger partial charge >= 0.3 is 0 Å². The third-order valence-corrected chi connectivity index (χ3v) is 4.37. The molecule has 1 heterocycles. The van der Waals surface area contributed by atoms with Crippen molar-refractivity contribution in [2.24, 2.45) is 5.41 Å². The highest BCUT2D eigenvalue weighted by Crippen LogP contribution is 2.40. The summed E-state index contributed by atoms with van der Waals surface area (Å²) in [6.07, 6.45) is 7.00. The lowest BCUT2D eigenvalue weighted by molar-refractivity contribution is -0.128. The lowest BCUT2D eigenvalue weighted by Crippen LogP contribution is -2.38. The molecular formula is C11H19NOS. The van der Waals surface area contributed by atoms with Gasteiger partial charge in [0.1, 0.15) is 0 Å². The zero-order valence-electron chi connectivity index (χ0n) is 8.67. The van der Waals surface area contributed by atoms with E-state index in [1.807, 2.05) is 0 Å². The van der Waals surface area contributed by atoms with Crippen molar-refractivity contribution in [1.29, 1.82) is 0 Å². The Kier molecular flexibility index (Phi) is 3.05. The number of carbonyl (C=O) groups is 1. The molecule has 0 aromatic heterocycles. The van der Waals surface area contributed by atoms with Crippen LogP contribution in [0, 0.1) is 5.41 Å². The fraction of sp³-hybridized carbons (Fsp3) is 0.909. The van der Waals surface area contributed by atoms with E-state index in [1.54, 1.807) is 0 Å². The van der Waals surface area contributed by atoms with Crippen molar-refractivity contribution in [2.45, 2.75) is 38.5 Å². The zero-order chi connectivity index (χ0) is 10.0. The van der Waals surface area contributed by atoms with Gasteiger partial charge in [0.05, 0.1) is 0 Å². The molecule has 0 radical (unpaired) electrons. The molecular weight excluding hydrogens is 194 g/mol. The topological polar surface area (TPSA) is 20.3 Å². The first kappa shape index (κ1) is 10.3. The first-order valence-electron chi connectivity index (χ1n) is 5.64. The average molecular weight is 213 g/mol. The van der Waals surface area contributed by atoms with Crippen LogP contribution in [-0.4, -0.2) is 29.6 Å². The second kappa shape index (κ2) is 4.13. The molecule has 0 unspecified atom stereocenters. The van der Waals surface area contributed by atoms with Crippen LogP contribution in [0.25, 0.3) is 0 Å². The van der Waals surface area contributed by atoms with E-state index in [4.69, 9.17) is 0 Å². The largest absolute Gasteiger partial charge is 0.342 e. The second-order valence-electron chi connectivity index (χ2n) is 4.78. The molecule has 1 saturated heterocycles. The minimum atomic E-state index is 0.350. The van der Waals surface area contributed by atoms with Crippen LogP contribution >= 0.6 is 12.6 Å². The predicted octanol–water partition coefficient (Wildman–Crippen LogP) is 2.10. The van der Waals surface area contributed by atoms with Crippen molar-refractivity contribution in [1.82, 2.24) is 4.90 Å². The van der Waals surface area contributed by atoms with Crippen LogP contribution in [0.15, 0.2) is 0 Å². The molecule has 0 N–H and O–H groups in total. The molecule has 0 aromatic carbocycles. The third-order valence-electron chi connectivity index (χ3n) is 3.70. The van der Waals surface area contributed by atoms with Gasteiger partial charge in [-0.3, -0.25) is 4.79 Å². The Hall–Kier alpha value is -0.180. The summed E-state index contributed by atoms with van der Waals surface area (Å²) in [5.74, 6) is 1.30. The van der Waals surface area contributed by atoms with Crippen LogP contribution in [0.2, 0.25) is 0 Å². The van der Waals surface area contributed by atoms with Crippen molar-refractivity contribution in [3.8, 4) is 0 Å². The molecule has 2 rings (SSSR count). The van der Waals surface area contributed by atoms with Gasteiger partial charge in [-0.1, -0.05) is 12.8 Å². The average Bonchev–Trinajstić information content (AvgIpc) is 2.79. The fourth-order valence-electron chi connectivity index (χ4n) is 2.77. The van der Waals surface area contributed by atoms with E-state index in [9.17, 15) is 4.79 Å². The summed E-state index contributed by atoms with van der Waals surface area (Å²) in [5.41, 5.74) is 0.350. The van der Waals surface area contributed by atoms with Gasteiger partial charge in [0, 0.05) is 19.5 Å². The summed E-state index contributed by atoms with van der Waals surface area (Å²) in [6.45, 7) is 1.95. The van der Waals surface area contributed by atoms with E-state index in [-0.39, 0.29) is 0 Å². The Morgan fingerprint density at radius 2 is 2.00 bits per heavy atom. The minimum absolute atomic E-state index is 0.350. The SMILES string of the molecule is O=C1CCCN1CC1(CS)CCCC1. The van der Waals surface area contributed by atoms with Crippen LogP contribution in [0.5, 0.6) is 0 Å². The number of thiol groups is 1. The van der Waals surface area contributed by atoms with E-state index < -0.39 is 0 Å². The molecule has 80 valence electrons. The number of hydrogen-bond acceptors (Lipinski definition) is 2. The maximum absolute atomic E-state index is 11.5. The van der Waals surface area contributed by atoms with Crippen molar-refractivity contribution >= 4 is 18.5 Å². The van der Waals surface area contributed by atoms with Crippen LogP contribution in [0.4, 0.5) is 0 Å². The first-order chi connectivity index (χ1) is 6.76. The summed E-state index contributed by atoms with van der Waals surface area (Å²) >= 11 is 4.47. The lowest BCUT2D eigenvalue weighted by atomic mass is 9.88. The summed E-state index contributed by atoms with van der Waals surface area (Å²) in [6, 6.07) is 0. The van der Waals surface area contributed by atoms with Gasteiger partial charge in [-0.05, 0) is 30.4 Å². The van der Waals surface area contributed by atoms with E-state index in [1.165, 1.54) is 25.7 Å². The molecule has 3 heteroatoms. The van der Waals surface area contributed by atoms with Crippen LogP contribution in [-0.2, 0) is 4.79 Å². The van der Waals surface area contributed by atoms with Gasteiger partial charge in [0.25, 0.3) is 0 Å². The van der Waals surface area contributed by atoms with E-state index in [0.29, 0.717) is 11.3 Å². The number of hydrogen-bond donors (Lipinski definition) is 1. The fourth-order valence-corrected chi connectivity index (χ4v) is 3.18.